The van der Waals surface area contributed by atoms with Gasteiger partial charge in [-0.25, -0.2) is 4.79 Å². The third-order valence-electron chi connectivity index (χ3n) is 7.34. The minimum atomic E-state index is -1.19. The van der Waals surface area contributed by atoms with Gasteiger partial charge >= 0.3 is 5.97 Å². The van der Waals surface area contributed by atoms with Gasteiger partial charge in [-0.3, -0.25) is 4.79 Å². The summed E-state index contributed by atoms with van der Waals surface area (Å²) in [5, 5.41) is 9.23. The van der Waals surface area contributed by atoms with Crippen LogP contribution in [-0.2, 0) is 10.3 Å². The number of esters is 1. The third kappa shape index (κ3) is 3.28. The number of para-hydroxylation sites is 2. The van der Waals surface area contributed by atoms with Crippen LogP contribution < -0.4 is 20.7 Å². The minimum absolute atomic E-state index is 0.320. The summed E-state index contributed by atoms with van der Waals surface area (Å²) in [5.41, 5.74) is 5.62. The first-order valence-corrected chi connectivity index (χ1v) is 12.4. The van der Waals surface area contributed by atoms with Gasteiger partial charge in [-0.05, 0) is 55.3 Å². The lowest BCUT2D eigenvalue weighted by molar-refractivity contribution is 0.0224. The molecule has 3 N–H and O–H groups in total. The van der Waals surface area contributed by atoms with Gasteiger partial charge in [-0.2, -0.15) is 0 Å². The highest BCUT2D eigenvalue weighted by Crippen LogP contribution is 2.58. The van der Waals surface area contributed by atoms with Gasteiger partial charge in [-0.15, -0.1) is 0 Å². The maximum absolute atomic E-state index is 13.8. The Labute approximate surface area is 220 Å². The van der Waals surface area contributed by atoms with E-state index in [2.05, 4.69) is 16.0 Å². The normalized spacial score (nSPS) is 14.1. The number of carbonyl (C=O) groups excluding carboxylic acids is 2. The first-order chi connectivity index (χ1) is 18.4. The molecule has 0 atom stereocenters. The van der Waals surface area contributed by atoms with E-state index in [1.54, 1.807) is 19.2 Å². The molecule has 0 saturated carbocycles. The number of anilines is 3. The molecule has 0 aromatic heterocycles. The van der Waals surface area contributed by atoms with E-state index in [0.717, 1.165) is 33.6 Å². The van der Waals surface area contributed by atoms with E-state index in [9.17, 15) is 9.59 Å². The molecule has 0 saturated heterocycles. The van der Waals surface area contributed by atoms with Crippen molar-refractivity contribution in [3.63, 3.8) is 0 Å². The van der Waals surface area contributed by atoms with Gasteiger partial charge < -0.3 is 25.4 Å². The zero-order chi connectivity index (χ0) is 26.6. The van der Waals surface area contributed by atoms with E-state index in [1.165, 1.54) is 0 Å². The van der Waals surface area contributed by atoms with Crippen molar-refractivity contribution in [2.24, 2.45) is 0 Å². The molecule has 4 aromatic rings. The highest BCUT2D eigenvalue weighted by molar-refractivity contribution is 6.11. The van der Waals surface area contributed by atoms with Crippen LogP contribution in [0, 0.1) is 13.8 Å². The fourth-order valence-corrected chi connectivity index (χ4v) is 5.68. The van der Waals surface area contributed by atoms with Crippen LogP contribution in [0.5, 0.6) is 11.5 Å². The molecule has 0 bridgehead atoms. The zero-order valence-corrected chi connectivity index (χ0v) is 21.6. The number of hydrogen-bond acceptors (Lipinski definition) is 6. The van der Waals surface area contributed by atoms with Crippen molar-refractivity contribution in [1.82, 2.24) is 0 Å². The molecule has 7 nitrogen and oxygen atoms in total. The largest absolute Gasteiger partial charge is 0.456 e. The molecule has 0 radical (unpaired) electrons. The highest BCUT2D eigenvalue weighted by atomic mass is 16.6. The summed E-state index contributed by atoms with van der Waals surface area (Å²) in [6.45, 7) is 3.85. The summed E-state index contributed by atoms with van der Waals surface area (Å²) in [7, 11) is 3.62. The molecule has 1 amide bonds. The van der Waals surface area contributed by atoms with E-state index in [1.807, 2.05) is 81.6 Å². The second-order valence-corrected chi connectivity index (χ2v) is 9.51. The van der Waals surface area contributed by atoms with E-state index < -0.39 is 11.6 Å². The molecule has 0 unspecified atom stereocenters. The van der Waals surface area contributed by atoms with Crippen molar-refractivity contribution in [2.75, 3.05) is 30.0 Å². The Balaban J connectivity index is 1.54. The van der Waals surface area contributed by atoms with Gasteiger partial charge in [0.1, 0.15) is 11.5 Å². The molecule has 0 fully saturated rings. The van der Waals surface area contributed by atoms with Crippen molar-refractivity contribution in [3.05, 3.63) is 112 Å². The second-order valence-electron chi connectivity index (χ2n) is 9.51. The van der Waals surface area contributed by atoms with Crippen LogP contribution in [-0.4, -0.2) is 26.0 Å². The Morgan fingerprint density at radius 3 is 2.05 bits per heavy atom. The van der Waals surface area contributed by atoms with Crippen LogP contribution in [0.15, 0.2) is 72.8 Å². The predicted octanol–water partition coefficient (Wildman–Crippen LogP) is 6.21. The summed E-state index contributed by atoms with van der Waals surface area (Å²) in [5.74, 6) is 0.443. The maximum Gasteiger partial charge on any atom is 0.342 e. The fraction of sp³-hybridized carbons (Fsp3) is 0.161. The van der Waals surface area contributed by atoms with Crippen LogP contribution >= 0.6 is 0 Å². The lowest BCUT2D eigenvalue weighted by Gasteiger charge is -2.37. The number of hydrogen-bond donors (Lipinski definition) is 3. The number of rotatable bonds is 4. The summed E-state index contributed by atoms with van der Waals surface area (Å²) in [6, 6.07) is 22.5. The van der Waals surface area contributed by atoms with Crippen molar-refractivity contribution in [1.29, 1.82) is 0 Å². The Bertz CT molecular complexity index is 1600. The summed E-state index contributed by atoms with van der Waals surface area (Å²) in [4.78, 5) is 27.2. The predicted molar refractivity (Wildman–Crippen MR) is 148 cm³/mol. The van der Waals surface area contributed by atoms with Gasteiger partial charge in [0.2, 0.25) is 0 Å². The topological polar surface area (TPSA) is 88.7 Å². The molecule has 38 heavy (non-hydrogen) atoms. The van der Waals surface area contributed by atoms with Crippen LogP contribution in [0.1, 0.15) is 48.5 Å². The first-order valence-electron chi connectivity index (χ1n) is 12.4. The number of ether oxygens (including phenoxy) is 2. The standard InChI is InChI=1S/C31H27N3O4/c1-17-15-18(2)28(34-29(35)19-13-14-22(32-3)23(16-19)33-4)26-27(17)31(38-30(26)36)20-9-5-7-11-24(20)37-25-12-8-6-10-21(25)31/h5-16,32-33H,1-4H3,(H,34,35). The Hall–Kier alpha value is -4.78. The van der Waals surface area contributed by atoms with Crippen LogP contribution in [0.2, 0.25) is 0 Å². The Morgan fingerprint density at radius 2 is 1.42 bits per heavy atom. The lowest BCUT2D eigenvalue weighted by Crippen LogP contribution is -2.33. The summed E-state index contributed by atoms with van der Waals surface area (Å²) >= 11 is 0. The molecule has 7 heteroatoms. The van der Waals surface area contributed by atoms with Gasteiger partial charge in [-0.1, -0.05) is 42.5 Å². The van der Waals surface area contributed by atoms with E-state index in [0.29, 0.717) is 33.9 Å². The van der Waals surface area contributed by atoms with E-state index in [-0.39, 0.29) is 5.91 Å². The lowest BCUT2D eigenvalue weighted by atomic mass is 9.75. The number of nitrogens with one attached hydrogen (secondary N) is 3. The molecule has 1 spiro atoms. The number of benzene rings is 4. The van der Waals surface area contributed by atoms with Crippen molar-refractivity contribution in [2.45, 2.75) is 19.4 Å². The van der Waals surface area contributed by atoms with Gasteiger partial charge in [0, 0.05) is 36.3 Å². The van der Waals surface area contributed by atoms with Crippen molar-refractivity contribution >= 4 is 28.9 Å². The SMILES string of the molecule is CNc1ccc(C(=O)Nc2c(C)cc(C)c3c2C(=O)OC32c3ccccc3Oc3ccccc32)cc1NC. The Kier molecular flexibility index (Phi) is 5.38. The average Bonchev–Trinajstić information content (AvgIpc) is 3.24. The molecule has 4 aromatic carbocycles. The highest BCUT2D eigenvalue weighted by Gasteiger charge is 2.55. The number of aryl methyl sites for hydroxylation is 2. The van der Waals surface area contributed by atoms with Gasteiger partial charge in [0.25, 0.3) is 5.91 Å². The molecule has 6 rings (SSSR count). The molecular formula is C31H27N3O4. The smallest absolute Gasteiger partial charge is 0.342 e. The summed E-state index contributed by atoms with van der Waals surface area (Å²) in [6.07, 6.45) is 0. The maximum atomic E-state index is 13.8. The molecule has 2 aliphatic rings. The second kappa shape index (κ2) is 8.66. The molecule has 2 aliphatic heterocycles. The average molecular weight is 506 g/mol. The number of amides is 1. The quantitative estimate of drug-likeness (QED) is 0.286. The van der Waals surface area contributed by atoms with E-state index in [4.69, 9.17) is 9.47 Å². The molecule has 2 heterocycles. The van der Waals surface area contributed by atoms with Gasteiger partial charge in [0.15, 0.2) is 5.60 Å². The van der Waals surface area contributed by atoms with Crippen LogP contribution in [0.4, 0.5) is 17.1 Å². The number of fused-ring (bicyclic) bond motifs is 6. The molecular weight excluding hydrogens is 478 g/mol. The zero-order valence-electron chi connectivity index (χ0n) is 21.6. The fourth-order valence-electron chi connectivity index (χ4n) is 5.68. The Morgan fingerprint density at radius 1 is 0.789 bits per heavy atom. The third-order valence-corrected chi connectivity index (χ3v) is 7.34. The van der Waals surface area contributed by atoms with Crippen molar-refractivity contribution < 1.29 is 19.1 Å². The molecule has 0 aliphatic carbocycles. The van der Waals surface area contributed by atoms with Crippen LogP contribution in [0.25, 0.3) is 0 Å². The summed E-state index contributed by atoms with van der Waals surface area (Å²) < 4.78 is 12.6. The number of carbonyl (C=O) groups is 2. The monoisotopic (exact) mass is 505 g/mol. The first kappa shape index (κ1) is 23.6. The minimum Gasteiger partial charge on any atom is -0.456 e. The van der Waals surface area contributed by atoms with Gasteiger partial charge in [0.05, 0.1) is 22.6 Å². The van der Waals surface area contributed by atoms with Crippen molar-refractivity contribution in [3.8, 4) is 11.5 Å². The molecule has 190 valence electrons. The van der Waals surface area contributed by atoms with Crippen LogP contribution in [0.3, 0.4) is 0 Å². The van der Waals surface area contributed by atoms with E-state index >= 15 is 0 Å².